The fourth-order valence-corrected chi connectivity index (χ4v) is 2.87. The molecule has 0 heterocycles. The molecule has 0 aliphatic rings. The van der Waals surface area contributed by atoms with Crippen LogP contribution in [0, 0.1) is 0 Å². The number of hydrogen-bond donors (Lipinski definition) is 2. The van der Waals surface area contributed by atoms with Gasteiger partial charge in [-0.1, -0.05) is 54.6 Å². The van der Waals surface area contributed by atoms with Gasteiger partial charge in [-0.3, -0.25) is 9.59 Å². The van der Waals surface area contributed by atoms with Crippen LogP contribution in [0.4, 0.5) is 5.69 Å². The topological polar surface area (TPSA) is 67.4 Å². The molecule has 3 rings (SSSR count). The molecule has 2 N–H and O–H groups in total. The summed E-state index contributed by atoms with van der Waals surface area (Å²) < 4.78 is 5.18. The molecule has 0 bridgehead atoms. The third-order valence-corrected chi connectivity index (χ3v) is 4.29. The molecule has 0 unspecified atom stereocenters. The van der Waals surface area contributed by atoms with E-state index in [1.54, 1.807) is 37.4 Å². The van der Waals surface area contributed by atoms with E-state index in [1.165, 1.54) is 0 Å². The van der Waals surface area contributed by atoms with Crippen molar-refractivity contribution in [2.45, 2.75) is 12.5 Å². The van der Waals surface area contributed by atoms with E-state index < -0.39 is 6.04 Å². The zero-order chi connectivity index (χ0) is 19.8. The SMILES string of the molecule is COc1cccc(NC(=O)C[C@@H](NC(=O)c2ccccc2)c2ccccc2)c1. The van der Waals surface area contributed by atoms with Gasteiger partial charge in [0.05, 0.1) is 19.6 Å². The zero-order valence-electron chi connectivity index (χ0n) is 15.6. The summed E-state index contributed by atoms with van der Waals surface area (Å²) >= 11 is 0. The largest absolute Gasteiger partial charge is 0.497 e. The summed E-state index contributed by atoms with van der Waals surface area (Å²) in [5, 5.41) is 5.82. The third kappa shape index (κ3) is 5.20. The van der Waals surface area contributed by atoms with Crippen LogP contribution >= 0.6 is 0 Å². The monoisotopic (exact) mass is 374 g/mol. The molecule has 5 nitrogen and oxygen atoms in total. The van der Waals surface area contributed by atoms with Crippen LogP contribution in [-0.4, -0.2) is 18.9 Å². The van der Waals surface area contributed by atoms with Crippen molar-refractivity contribution in [3.63, 3.8) is 0 Å². The van der Waals surface area contributed by atoms with E-state index in [1.807, 2.05) is 54.6 Å². The van der Waals surface area contributed by atoms with Crippen LogP contribution in [-0.2, 0) is 4.79 Å². The molecule has 2 amide bonds. The highest BCUT2D eigenvalue weighted by Gasteiger charge is 2.19. The lowest BCUT2D eigenvalue weighted by molar-refractivity contribution is -0.116. The lowest BCUT2D eigenvalue weighted by Crippen LogP contribution is -2.31. The number of anilines is 1. The number of benzene rings is 3. The summed E-state index contributed by atoms with van der Waals surface area (Å²) in [7, 11) is 1.57. The third-order valence-electron chi connectivity index (χ3n) is 4.29. The zero-order valence-corrected chi connectivity index (χ0v) is 15.6. The first-order chi connectivity index (χ1) is 13.7. The van der Waals surface area contributed by atoms with Gasteiger partial charge < -0.3 is 15.4 Å². The minimum atomic E-state index is -0.445. The summed E-state index contributed by atoms with van der Waals surface area (Å²) in [5.74, 6) is 0.244. The van der Waals surface area contributed by atoms with Gasteiger partial charge in [0.25, 0.3) is 5.91 Å². The fourth-order valence-electron chi connectivity index (χ4n) is 2.87. The Labute approximate surface area is 164 Å². The van der Waals surface area contributed by atoms with Gasteiger partial charge in [-0.05, 0) is 29.8 Å². The van der Waals surface area contributed by atoms with Crippen molar-refractivity contribution < 1.29 is 14.3 Å². The summed E-state index contributed by atoms with van der Waals surface area (Å²) in [4.78, 5) is 25.2. The van der Waals surface area contributed by atoms with E-state index in [0.29, 0.717) is 17.0 Å². The van der Waals surface area contributed by atoms with E-state index in [0.717, 1.165) is 5.56 Å². The van der Waals surface area contributed by atoms with Crippen molar-refractivity contribution in [2.75, 3.05) is 12.4 Å². The van der Waals surface area contributed by atoms with Gasteiger partial charge in [0, 0.05) is 17.3 Å². The smallest absolute Gasteiger partial charge is 0.251 e. The normalized spacial score (nSPS) is 11.3. The van der Waals surface area contributed by atoms with Gasteiger partial charge in [-0.25, -0.2) is 0 Å². The number of methoxy groups -OCH3 is 1. The molecule has 0 spiro atoms. The predicted molar refractivity (Wildman–Crippen MR) is 109 cm³/mol. The number of amides is 2. The standard InChI is InChI=1S/C23H22N2O3/c1-28-20-14-8-13-19(15-20)24-22(26)16-21(17-9-4-2-5-10-17)25-23(27)18-11-6-3-7-12-18/h2-15,21H,16H2,1H3,(H,24,26)(H,25,27)/t21-/m1/s1. The maximum atomic E-state index is 12.6. The van der Waals surface area contributed by atoms with E-state index in [-0.39, 0.29) is 18.2 Å². The minimum Gasteiger partial charge on any atom is -0.497 e. The van der Waals surface area contributed by atoms with Gasteiger partial charge in [-0.2, -0.15) is 0 Å². The molecule has 5 heteroatoms. The first-order valence-corrected chi connectivity index (χ1v) is 9.00. The average Bonchev–Trinajstić information content (AvgIpc) is 2.74. The van der Waals surface area contributed by atoms with Gasteiger partial charge in [0.1, 0.15) is 5.75 Å². The molecule has 0 saturated carbocycles. The average molecular weight is 374 g/mol. The molecule has 28 heavy (non-hydrogen) atoms. The van der Waals surface area contributed by atoms with E-state index in [9.17, 15) is 9.59 Å². The highest BCUT2D eigenvalue weighted by atomic mass is 16.5. The van der Waals surface area contributed by atoms with Crippen LogP contribution in [0.25, 0.3) is 0 Å². The van der Waals surface area contributed by atoms with Crippen molar-refractivity contribution in [3.05, 3.63) is 96.1 Å². The highest BCUT2D eigenvalue weighted by Crippen LogP contribution is 2.21. The van der Waals surface area contributed by atoms with Crippen LogP contribution < -0.4 is 15.4 Å². The van der Waals surface area contributed by atoms with Crippen molar-refractivity contribution in [2.24, 2.45) is 0 Å². The highest BCUT2D eigenvalue weighted by molar-refractivity contribution is 5.95. The predicted octanol–water partition coefficient (Wildman–Crippen LogP) is 4.20. The Morgan fingerprint density at radius 3 is 2.25 bits per heavy atom. The van der Waals surface area contributed by atoms with Crippen LogP contribution in [0.1, 0.15) is 28.4 Å². The Hall–Kier alpha value is -3.60. The number of ether oxygens (including phenoxy) is 1. The Balaban J connectivity index is 1.73. The molecule has 3 aromatic rings. The molecule has 1 atom stereocenters. The second-order valence-corrected chi connectivity index (χ2v) is 6.29. The van der Waals surface area contributed by atoms with Gasteiger partial charge in [0.15, 0.2) is 0 Å². The maximum absolute atomic E-state index is 12.6. The molecule has 0 aliphatic carbocycles. The van der Waals surface area contributed by atoms with E-state index in [2.05, 4.69) is 10.6 Å². The molecule has 3 aromatic carbocycles. The lowest BCUT2D eigenvalue weighted by Gasteiger charge is -2.19. The van der Waals surface area contributed by atoms with Gasteiger partial charge in [-0.15, -0.1) is 0 Å². The van der Waals surface area contributed by atoms with Gasteiger partial charge >= 0.3 is 0 Å². The molecular weight excluding hydrogens is 352 g/mol. The second-order valence-electron chi connectivity index (χ2n) is 6.29. The quantitative estimate of drug-likeness (QED) is 0.651. The van der Waals surface area contributed by atoms with Crippen molar-refractivity contribution in [3.8, 4) is 5.75 Å². The summed E-state index contributed by atoms with van der Waals surface area (Å²) in [6.45, 7) is 0. The van der Waals surface area contributed by atoms with Gasteiger partial charge in [0.2, 0.25) is 5.91 Å². The van der Waals surface area contributed by atoms with Crippen LogP contribution in [0.15, 0.2) is 84.9 Å². The number of rotatable bonds is 7. The molecule has 0 aliphatic heterocycles. The maximum Gasteiger partial charge on any atom is 0.251 e. The number of carbonyl (C=O) groups excluding carboxylic acids is 2. The van der Waals surface area contributed by atoms with Crippen LogP contribution in [0.3, 0.4) is 0 Å². The first-order valence-electron chi connectivity index (χ1n) is 9.00. The van der Waals surface area contributed by atoms with E-state index in [4.69, 9.17) is 4.74 Å². The summed E-state index contributed by atoms with van der Waals surface area (Å²) in [6, 6.07) is 25.1. The van der Waals surface area contributed by atoms with Crippen LogP contribution in [0.2, 0.25) is 0 Å². The molecule has 0 radical (unpaired) electrons. The molecule has 0 fully saturated rings. The Morgan fingerprint density at radius 2 is 1.57 bits per heavy atom. The van der Waals surface area contributed by atoms with Crippen molar-refractivity contribution in [1.82, 2.24) is 5.32 Å². The first kappa shape index (κ1) is 19.2. The summed E-state index contributed by atoms with van der Waals surface area (Å²) in [5.41, 5.74) is 2.06. The van der Waals surface area contributed by atoms with Crippen LogP contribution in [0.5, 0.6) is 5.75 Å². The Bertz CT molecular complexity index is 927. The number of nitrogens with one attached hydrogen (secondary N) is 2. The molecule has 0 saturated heterocycles. The van der Waals surface area contributed by atoms with Crippen molar-refractivity contribution >= 4 is 17.5 Å². The Morgan fingerprint density at radius 1 is 0.893 bits per heavy atom. The number of hydrogen-bond acceptors (Lipinski definition) is 3. The molecule has 142 valence electrons. The number of carbonyl (C=O) groups is 2. The minimum absolute atomic E-state index is 0.111. The Kier molecular flexibility index (Phi) is 6.41. The lowest BCUT2D eigenvalue weighted by atomic mass is 10.0. The molecule has 0 aromatic heterocycles. The van der Waals surface area contributed by atoms with Crippen molar-refractivity contribution in [1.29, 1.82) is 0 Å². The fraction of sp³-hybridized carbons (Fsp3) is 0.130. The summed E-state index contributed by atoms with van der Waals surface area (Å²) in [6.07, 6.45) is 0.111. The van der Waals surface area contributed by atoms with E-state index >= 15 is 0 Å². The molecular formula is C23H22N2O3. The second kappa shape index (κ2) is 9.37.